The Morgan fingerprint density at radius 2 is 2.29 bits per heavy atom. The van der Waals surface area contributed by atoms with Crippen LogP contribution < -0.4 is 0 Å². The van der Waals surface area contributed by atoms with Crippen LogP contribution in [0.1, 0.15) is 6.92 Å². The molecule has 0 radical (unpaired) electrons. The van der Waals surface area contributed by atoms with E-state index in [9.17, 15) is 13.2 Å². The third-order valence-corrected chi connectivity index (χ3v) is 6.33. The molecular formula is C9H13ClN2O3S2. The summed E-state index contributed by atoms with van der Waals surface area (Å²) in [6, 6.07) is -0.0446. The van der Waals surface area contributed by atoms with Crippen LogP contribution in [0.2, 0.25) is 0 Å². The Labute approximate surface area is 110 Å². The van der Waals surface area contributed by atoms with Gasteiger partial charge in [0.05, 0.1) is 17.5 Å². The predicted octanol–water partition coefficient (Wildman–Crippen LogP) is 0.342. The SMILES string of the molecule is CCN1C(=NC(=O)CCl)SC2CS(=O)(=O)CC21. The number of amidine groups is 1. The van der Waals surface area contributed by atoms with E-state index in [0.717, 1.165) is 0 Å². The van der Waals surface area contributed by atoms with Crippen molar-refractivity contribution in [3.8, 4) is 0 Å². The van der Waals surface area contributed by atoms with Gasteiger partial charge >= 0.3 is 0 Å². The van der Waals surface area contributed by atoms with Crippen LogP contribution >= 0.6 is 23.4 Å². The van der Waals surface area contributed by atoms with Crippen molar-refractivity contribution < 1.29 is 13.2 Å². The number of carbonyl (C=O) groups excluding carboxylic acids is 1. The molecule has 0 N–H and O–H groups in total. The van der Waals surface area contributed by atoms with Crippen molar-refractivity contribution in [2.75, 3.05) is 23.9 Å². The molecule has 2 aliphatic rings. The summed E-state index contributed by atoms with van der Waals surface area (Å²) in [4.78, 5) is 17.0. The van der Waals surface area contributed by atoms with Gasteiger partial charge in [0.15, 0.2) is 15.0 Å². The molecule has 96 valence electrons. The fourth-order valence-corrected chi connectivity index (χ4v) is 6.23. The van der Waals surface area contributed by atoms with E-state index in [2.05, 4.69) is 4.99 Å². The van der Waals surface area contributed by atoms with Gasteiger partial charge < -0.3 is 4.90 Å². The molecule has 5 nitrogen and oxygen atoms in total. The van der Waals surface area contributed by atoms with Gasteiger partial charge in [-0.1, -0.05) is 11.8 Å². The molecule has 2 aliphatic heterocycles. The predicted molar refractivity (Wildman–Crippen MR) is 69.4 cm³/mol. The average molecular weight is 297 g/mol. The normalized spacial score (nSPS) is 33.1. The zero-order valence-corrected chi connectivity index (χ0v) is 11.7. The molecule has 0 aliphatic carbocycles. The molecule has 2 heterocycles. The van der Waals surface area contributed by atoms with E-state index in [1.807, 2.05) is 11.8 Å². The van der Waals surface area contributed by atoms with Gasteiger partial charge in [0.25, 0.3) is 5.91 Å². The van der Waals surface area contributed by atoms with Crippen LogP contribution in [0.4, 0.5) is 0 Å². The molecule has 0 saturated carbocycles. The molecule has 1 amide bonds. The van der Waals surface area contributed by atoms with Crippen molar-refractivity contribution in [1.29, 1.82) is 0 Å². The Bertz CT molecular complexity index is 463. The lowest BCUT2D eigenvalue weighted by Gasteiger charge is -2.21. The third kappa shape index (κ3) is 2.61. The first kappa shape index (κ1) is 13.2. The Hall–Kier alpha value is -0.270. The highest BCUT2D eigenvalue weighted by Gasteiger charge is 2.48. The molecule has 0 aromatic rings. The lowest BCUT2D eigenvalue weighted by Crippen LogP contribution is -2.37. The number of nitrogens with zero attached hydrogens (tertiary/aromatic N) is 2. The molecule has 2 atom stereocenters. The number of halogens is 1. The second-order valence-corrected chi connectivity index (χ2v) is 7.64. The monoisotopic (exact) mass is 296 g/mol. The van der Waals surface area contributed by atoms with Crippen LogP contribution in [0.15, 0.2) is 4.99 Å². The number of aliphatic imine (C=N–C) groups is 1. The first-order valence-electron chi connectivity index (χ1n) is 5.28. The average Bonchev–Trinajstić information content (AvgIpc) is 2.68. The molecule has 0 spiro atoms. The molecule has 2 saturated heterocycles. The summed E-state index contributed by atoms with van der Waals surface area (Å²) in [6.07, 6.45) is 0. The van der Waals surface area contributed by atoms with E-state index in [1.165, 1.54) is 11.8 Å². The minimum atomic E-state index is -2.93. The van der Waals surface area contributed by atoms with E-state index < -0.39 is 9.84 Å². The van der Waals surface area contributed by atoms with Gasteiger partial charge in [0.2, 0.25) is 0 Å². The van der Waals surface area contributed by atoms with Crippen molar-refractivity contribution in [3.63, 3.8) is 0 Å². The molecule has 2 fully saturated rings. The lowest BCUT2D eigenvalue weighted by atomic mass is 10.2. The minimum Gasteiger partial charge on any atom is -0.346 e. The number of thioether (sulfide) groups is 1. The van der Waals surface area contributed by atoms with E-state index in [1.54, 1.807) is 0 Å². The van der Waals surface area contributed by atoms with Crippen LogP contribution in [-0.2, 0) is 14.6 Å². The fourth-order valence-electron chi connectivity index (χ4n) is 2.14. The summed E-state index contributed by atoms with van der Waals surface area (Å²) in [5, 5.41) is 0.616. The maximum atomic E-state index is 11.5. The first-order chi connectivity index (χ1) is 7.96. The molecule has 2 unspecified atom stereocenters. The Morgan fingerprint density at radius 3 is 2.88 bits per heavy atom. The Morgan fingerprint density at radius 1 is 1.59 bits per heavy atom. The molecule has 17 heavy (non-hydrogen) atoms. The van der Waals surface area contributed by atoms with E-state index in [-0.39, 0.29) is 34.6 Å². The molecule has 0 aromatic carbocycles. The second-order valence-electron chi connectivity index (χ2n) is 4.01. The van der Waals surface area contributed by atoms with Crippen molar-refractivity contribution in [2.45, 2.75) is 18.2 Å². The Kier molecular flexibility index (Phi) is 3.70. The van der Waals surface area contributed by atoms with Gasteiger partial charge in [0, 0.05) is 11.8 Å². The summed E-state index contributed by atoms with van der Waals surface area (Å²) in [6.45, 7) is 2.58. The van der Waals surface area contributed by atoms with E-state index in [0.29, 0.717) is 11.7 Å². The Balaban J connectivity index is 2.22. The largest absolute Gasteiger partial charge is 0.346 e. The van der Waals surface area contributed by atoms with Gasteiger partial charge in [-0.15, -0.1) is 11.6 Å². The highest BCUT2D eigenvalue weighted by atomic mass is 35.5. The quantitative estimate of drug-likeness (QED) is 0.688. The highest BCUT2D eigenvalue weighted by Crippen LogP contribution is 2.37. The number of hydrogen-bond donors (Lipinski definition) is 0. The van der Waals surface area contributed by atoms with Crippen molar-refractivity contribution in [3.05, 3.63) is 0 Å². The number of hydrogen-bond acceptors (Lipinski definition) is 4. The molecule has 8 heteroatoms. The van der Waals surface area contributed by atoms with Gasteiger partial charge in [-0.2, -0.15) is 4.99 Å². The zero-order chi connectivity index (χ0) is 12.6. The van der Waals surface area contributed by atoms with Crippen LogP contribution in [0, 0.1) is 0 Å². The van der Waals surface area contributed by atoms with E-state index >= 15 is 0 Å². The number of fused-ring (bicyclic) bond motifs is 1. The minimum absolute atomic E-state index is 0.00169. The molecule has 2 rings (SSSR count). The summed E-state index contributed by atoms with van der Waals surface area (Å²) >= 11 is 6.78. The third-order valence-electron chi connectivity index (χ3n) is 2.85. The number of alkyl halides is 1. The summed E-state index contributed by atoms with van der Waals surface area (Å²) in [5.41, 5.74) is 0. The fraction of sp³-hybridized carbons (Fsp3) is 0.778. The van der Waals surface area contributed by atoms with Crippen molar-refractivity contribution in [1.82, 2.24) is 4.90 Å². The van der Waals surface area contributed by atoms with Crippen molar-refractivity contribution >= 4 is 44.3 Å². The van der Waals surface area contributed by atoms with Crippen LogP contribution in [0.3, 0.4) is 0 Å². The number of rotatable bonds is 2. The van der Waals surface area contributed by atoms with E-state index in [4.69, 9.17) is 11.6 Å². The summed E-state index contributed by atoms with van der Waals surface area (Å²) in [7, 11) is -2.93. The molecular weight excluding hydrogens is 284 g/mol. The number of amides is 1. The van der Waals surface area contributed by atoms with Crippen LogP contribution in [-0.4, -0.2) is 59.6 Å². The standard InChI is InChI=1S/C9H13ClN2O3S2/c1-2-12-6-4-17(14,15)5-7(6)16-9(12)11-8(13)3-10/h6-7H,2-5H2,1H3. The topological polar surface area (TPSA) is 66.8 Å². The van der Waals surface area contributed by atoms with Gasteiger partial charge in [-0.25, -0.2) is 8.42 Å². The van der Waals surface area contributed by atoms with Gasteiger partial charge in [-0.3, -0.25) is 4.79 Å². The van der Waals surface area contributed by atoms with Gasteiger partial charge in [-0.05, 0) is 6.92 Å². The first-order valence-corrected chi connectivity index (χ1v) is 8.51. The highest BCUT2D eigenvalue weighted by molar-refractivity contribution is 8.15. The maximum Gasteiger partial charge on any atom is 0.262 e. The van der Waals surface area contributed by atoms with Crippen LogP contribution in [0.5, 0.6) is 0 Å². The second kappa shape index (κ2) is 4.78. The van der Waals surface area contributed by atoms with Crippen LogP contribution in [0.25, 0.3) is 0 Å². The summed E-state index contributed by atoms with van der Waals surface area (Å²) < 4.78 is 23.0. The number of carbonyl (C=O) groups is 1. The maximum absolute atomic E-state index is 11.5. The number of sulfone groups is 1. The van der Waals surface area contributed by atoms with Crippen molar-refractivity contribution in [2.24, 2.45) is 4.99 Å². The smallest absolute Gasteiger partial charge is 0.262 e. The van der Waals surface area contributed by atoms with Gasteiger partial charge in [0.1, 0.15) is 5.88 Å². The zero-order valence-electron chi connectivity index (χ0n) is 9.30. The summed E-state index contributed by atoms with van der Waals surface area (Å²) in [5.74, 6) is -0.190. The lowest BCUT2D eigenvalue weighted by molar-refractivity contribution is -0.115. The molecule has 0 aromatic heterocycles. The molecule has 0 bridgehead atoms.